The van der Waals surface area contributed by atoms with Crippen LogP contribution in [0.25, 0.3) is 0 Å². The van der Waals surface area contributed by atoms with E-state index < -0.39 is 5.97 Å². The molecule has 1 N–H and O–H groups in total. The Labute approximate surface area is 95.1 Å². The first kappa shape index (κ1) is 10.2. The summed E-state index contributed by atoms with van der Waals surface area (Å²) >= 11 is 4.90. The van der Waals surface area contributed by atoms with E-state index in [1.807, 2.05) is 0 Å². The minimum Gasteiger partial charge on any atom is -0.478 e. The summed E-state index contributed by atoms with van der Waals surface area (Å²) in [5.41, 5.74) is 1.54. The summed E-state index contributed by atoms with van der Waals surface area (Å²) in [6.07, 6.45) is 2.07. The zero-order valence-electron chi connectivity index (χ0n) is 8.06. The molecule has 0 bridgehead atoms. The summed E-state index contributed by atoms with van der Waals surface area (Å²) in [6, 6.07) is 0. The van der Waals surface area contributed by atoms with E-state index in [0.29, 0.717) is 5.56 Å². The molecule has 1 aliphatic rings. The van der Waals surface area contributed by atoms with Crippen LogP contribution in [0.15, 0.2) is 3.79 Å². The van der Waals surface area contributed by atoms with Crippen LogP contribution >= 0.6 is 27.3 Å². The molecule has 0 saturated heterocycles. The lowest BCUT2D eigenvalue weighted by atomic mass is 9.85. The first-order valence-electron chi connectivity index (χ1n) is 4.48. The third kappa shape index (κ3) is 1.32. The lowest BCUT2D eigenvalue weighted by molar-refractivity contribution is 0.0694. The van der Waals surface area contributed by atoms with Crippen molar-refractivity contribution in [1.29, 1.82) is 0 Å². The molecule has 4 heteroatoms. The summed E-state index contributed by atoms with van der Waals surface area (Å²) in [4.78, 5) is 12.3. The smallest absolute Gasteiger partial charge is 0.338 e. The van der Waals surface area contributed by atoms with Crippen LogP contribution in [0.3, 0.4) is 0 Å². The quantitative estimate of drug-likeness (QED) is 0.852. The van der Waals surface area contributed by atoms with Crippen molar-refractivity contribution < 1.29 is 9.90 Å². The van der Waals surface area contributed by atoms with E-state index in [9.17, 15) is 4.79 Å². The van der Waals surface area contributed by atoms with Gasteiger partial charge in [0.05, 0.1) is 9.35 Å². The Morgan fingerprint density at radius 1 is 1.57 bits per heavy atom. The monoisotopic (exact) mass is 274 g/mol. The zero-order chi connectivity index (χ0) is 10.5. The fourth-order valence-corrected chi connectivity index (χ4v) is 4.23. The van der Waals surface area contributed by atoms with Crippen LogP contribution < -0.4 is 0 Å². The molecule has 0 unspecified atom stereocenters. The summed E-state index contributed by atoms with van der Waals surface area (Å²) in [7, 11) is 0. The average molecular weight is 275 g/mol. The molecule has 0 amide bonds. The van der Waals surface area contributed by atoms with Crippen LogP contribution in [0.1, 0.15) is 41.1 Å². The third-order valence-corrected chi connectivity index (χ3v) is 4.73. The maximum absolute atomic E-state index is 11.1. The van der Waals surface area contributed by atoms with Crippen molar-refractivity contribution in [2.45, 2.75) is 32.1 Å². The highest BCUT2D eigenvalue weighted by molar-refractivity contribution is 9.11. The fourth-order valence-electron chi connectivity index (χ4n) is 2.08. The number of halogens is 1. The highest BCUT2D eigenvalue weighted by Gasteiger charge is 2.37. The minimum absolute atomic E-state index is 0.0194. The Kier molecular flexibility index (Phi) is 2.23. The number of hydrogen-bond donors (Lipinski definition) is 1. The zero-order valence-corrected chi connectivity index (χ0v) is 10.5. The van der Waals surface area contributed by atoms with Crippen LogP contribution in [0, 0.1) is 0 Å². The van der Waals surface area contributed by atoms with Gasteiger partial charge in [0, 0.05) is 4.88 Å². The number of hydrogen-bond acceptors (Lipinski definition) is 2. The first-order chi connectivity index (χ1) is 6.43. The molecule has 0 aromatic carbocycles. The Morgan fingerprint density at radius 3 is 2.79 bits per heavy atom. The predicted molar refractivity (Wildman–Crippen MR) is 60.3 cm³/mol. The van der Waals surface area contributed by atoms with E-state index in [-0.39, 0.29) is 5.41 Å². The number of thiophene rings is 1. The van der Waals surface area contributed by atoms with Gasteiger partial charge in [-0.05, 0) is 39.8 Å². The Morgan fingerprint density at radius 2 is 2.21 bits per heavy atom. The van der Waals surface area contributed by atoms with Gasteiger partial charge < -0.3 is 5.11 Å². The minimum atomic E-state index is -0.815. The van der Waals surface area contributed by atoms with E-state index in [4.69, 9.17) is 5.11 Å². The summed E-state index contributed by atoms with van der Waals surface area (Å²) in [5.74, 6) is -0.815. The summed E-state index contributed by atoms with van der Waals surface area (Å²) in [5, 5.41) is 9.13. The maximum Gasteiger partial charge on any atom is 0.338 e. The van der Waals surface area contributed by atoms with Crippen molar-refractivity contribution in [3.63, 3.8) is 0 Å². The van der Waals surface area contributed by atoms with Crippen molar-refractivity contribution >= 4 is 33.2 Å². The molecule has 76 valence electrons. The van der Waals surface area contributed by atoms with Crippen LogP contribution in [0.4, 0.5) is 0 Å². The molecule has 2 nitrogen and oxygen atoms in total. The highest BCUT2D eigenvalue weighted by atomic mass is 79.9. The molecule has 0 fully saturated rings. The topological polar surface area (TPSA) is 37.3 Å². The molecule has 0 spiro atoms. The van der Waals surface area contributed by atoms with E-state index >= 15 is 0 Å². The molecule has 1 aromatic rings. The second kappa shape index (κ2) is 3.07. The van der Waals surface area contributed by atoms with Gasteiger partial charge in [-0.3, -0.25) is 0 Å². The Bertz CT molecular complexity index is 406. The molecule has 1 aromatic heterocycles. The van der Waals surface area contributed by atoms with Crippen molar-refractivity contribution in [3.05, 3.63) is 19.8 Å². The van der Waals surface area contributed by atoms with E-state index in [2.05, 4.69) is 29.8 Å². The molecule has 0 atom stereocenters. The predicted octanol–water partition coefficient (Wildman–Crippen LogP) is 3.43. The highest BCUT2D eigenvalue weighted by Crippen LogP contribution is 2.47. The molecule has 0 saturated carbocycles. The maximum atomic E-state index is 11.1. The lowest BCUT2D eigenvalue weighted by Gasteiger charge is -2.18. The first-order valence-corrected chi connectivity index (χ1v) is 6.09. The SMILES string of the molecule is CC1(C)CCc2sc(Br)c(C(=O)O)c21. The van der Waals surface area contributed by atoms with Gasteiger partial charge >= 0.3 is 5.97 Å². The third-order valence-electron chi connectivity index (χ3n) is 2.81. The van der Waals surface area contributed by atoms with Gasteiger partial charge in [-0.15, -0.1) is 11.3 Å². The standard InChI is InChI=1S/C10H11BrO2S/c1-10(2)4-3-5-7(10)6(9(12)13)8(11)14-5/h3-4H2,1-2H3,(H,12,13). The number of aryl methyl sites for hydroxylation is 1. The Hall–Kier alpha value is -0.350. The molecule has 14 heavy (non-hydrogen) atoms. The molecule has 1 heterocycles. The van der Waals surface area contributed by atoms with E-state index in [0.717, 1.165) is 22.2 Å². The van der Waals surface area contributed by atoms with Crippen molar-refractivity contribution in [3.8, 4) is 0 Å². The lowest BCUT2D eigenvalue weighted by Crippen LogP contribution is -2.15. The molecular formula is C10H11BrO2S. The van der Waals surface area contributed by atoms with E-state index in [1.54, 1.807) is 11.3 Å². The van der Waals surface area contributed by atoms with E-state index in [1.165, 1.54) is 4.88 Å². The van der Waals surface area contributed by atoms with Crippen molar-refractivity contribution in [2.75, 3.05) is 0 Å². The molecule has 0 radical (unpaired) electrons. The van der Waals surface area contributed by atoms with Crippen molar-refractivity contribution in [2.24, 2.45) is 0 Å². The number of rotatable bonds is 1. The van der Waals surface area contributed by atoms with Crippen LogP contribution in [0.2, 0.25) is 0 Å². The number of carboxylic acid groups (broad SMARTS) is 1. The van der Waals surface area contributed by atoms with Gasteiger partial charge in [-0.2, -0.15) is 0 Å². The molecular weight excluding hydrogens is 264 g/mol. The van der Waals surface area contributed by atoms with Gasteiger partial charge in [-0.1, -0.05) is 13.8 Å². The fraction of sp³-hybridized carbons (Fsp3) is 0.500. The normalized spacial score (nSPS) is 18.2. The van der Waals surface area contributed by atoms with Crippen molar-refractivity contribution in [1.82, 2.24) is 0 Å². The summed E-state index contributed by atoms with van der Waals surface area (Å²) < 4.78 is 0.766. The van der Waals surface area contributed by atoms with Crippen LogP contribution in [-0.2, 0) is 11.8 Å². The second-order valence-corrected chi connectivity index (χ2v) is 6.66. The van der Waals surface area contributed by atoms with Crippen LogP contribution in [-0.4, -0.2) is 11.1 Å². The number of aromatic carboxylic acids is 1. The number of carbonyl (C=O) groups is 1. The Balaban J connectivity index is 2.68. The summed E-state index contributed by atoms with van der Waals surface area (Å²) in [6.45, 7) is 4.23. The number of fused-ring (bicyclic) bond motifs is 1. The molecule has 1 aliphatic carbocycles. The van der Waals surface area contributed by atoms with Gasteiger partial charge in [-0.25, -0.2) is 4.79 Å². The largest absolute Gasteiger partial charge is 0.478 e. The molecule has 0 aliphatic heterocycles. The van der Waals surface area contributed by atoms with Gasteiger partial charge in [0.25, 0.3) is 0 Å². The average Bonchev–Trinajstić information content (AvgIpc) is 2.50. The second-order valence-electron chi connectivity index (χ2n) is 4.24. The van der Waals surface area contributed by atoms with Gasteiger partial charge in [0.15, 0.2) is 0 Å². The van der Waals surface area contributed by atoms with Gasteiger partial charge in [0.2, 0.25) is 0 Å². The van der Waals surface area contributed by atoms with Gasteiger partial charge in [0.1, 0.15) is 0 Å². The number of carboxylic acids is 1. The van der Waals surface area contributed by atoms with Crippen LogP contribution in [0.5, 0.6) is 0 Å². The molecule has 2 rings (SSSR count).